The number of carbonyl (C=O) groups excluding carboxylic acids is 2. The molecule has 1 unspecified atom stereocenters. The van der Waals surface area contributed by atoms with E-state index in [1.807, 2.05) is 6.92 Å². The molecule has 6 heteroatoms. The number of aromatic nitrogens is 1. The van der Waals surface area contributed by atoms with Gasteiger partial charge < -0.3 is 10.2 Å². The molecular formula is C12H16FN3O2. The lowest BCUT2D eigenvalue weighted by atomic mass is 10.2. The van der Waals surface area contributed by atoms with Crippen molar-refractivity contribution in [2.24, 2.45) is 0 Å². The number of nitrogens with one attached hydrogen (secondary N) is 1. The van der Waals surface area contributed by atoms with Crippen LogP contribution in [0.3, 0.4) is 0 Å². The summed E-state index contributed by atoms with van der Waals surface area (Å²) in [5, 5.41) is 2.48. The summed E-state index contributed by atoms with van der Waals surface area (Å²) in [6, 6.07) is 3.25. The van der Waals surface area contributed by atoms with Gasteiger partial charge in [0.1, 0.15) is 11.7 Å². The minimum Gasteiger partial charge on any atom is -0.344 e. The molecule has 0 saturated heterocycles. The Morgan fingerprint density at radius 3 is 2.72 bits per heavy atom. The first kappa shape index (κ1) is 14.1. The molecule has 0 aliphatic carbocycles. The van der Waals surface area contributed by atoms with E-state index in [1.165, 1.54) is 17.0 Å². The fourth-order valence-corrected chi connectivity index (χ4v) is 1.35. The highest BCUT2D eigenvalue weighted by Crippen LogP contribution is 1.99. The Morgan fingerprint density at radius 1 is 1.50 bits per heavy atom. The lowest BCUT2D eigenvalue weighted by Gasteiger charge is -2.20. The molecule has 0 aliphatic rings. The van der Waals surface area contributed by atoms with Crippen molar-refractivity contribution in [2.75, 3.05) is 13.6 Å². The second kappa shape index (κ2) is 6.09. The van der Waals surface area contributed by atoms with Crippen molar-refractivity contribution >= 4 is 11.8 Å². The summed E-state index contributed by atoms with van der Waals surface area (Å²) in [5.74, 6) is -1.51. The number of hydrogen-bond acceptors (Lipinski definition) is 3. The monoisotopic (exact) mass is 253 g/mol. The molecule has 1 rings (SSSR count). The molecule has 98 valence electrons. The Bertz CT molecular complexity index is 451. The molecule has 0 aliphatic heterocycles. The zero-order valence-electron chi connectivity index (χ0n) is 10.6. The third-order valence-electron chi connectivity index (χ3n) is 2.52. The van der Waals surface area contributed by atoms with Gasteiger partial charge in [0, 0.05) is 13.6 Å². The summed E-state index contributed by atoms with van der Waals surface area (Å²) in [6.45, 7) is 3.96. The van der Waals surface area contributed by atoms with E-state index in [0.717, 1.165) is 6.07 Å². The fraction of sp³-hybridized carbons (Fsp3) is 0.417. The lowest BCUT2D eigenvalue weighted by Crippen LogP contribution is -2.45. The van der Waals surface area contributed by atoms with Crippen LogP contribution in [0.2, 0.25) is 0 Å². The molecule has 0 radical (unpaired) electrons. The molecule has 1 heterocycles. The third kappa shape index (κ3) is 3.51. The van der Waals surface area contributed by atoms with Crippen molar-refractivity contribution in [3.63, 3.8) is 0 Å². The molecule has 5 nitrogen and oxygen atoms in total. The maximum absolute atomic E-state index is 12.8. The molecule has 0 aromatic carbocycles. The number of hydrogen-bond donors (Lipinski definition) is 1. The van der Waals surface area contributed by atoms with Crippen LogP contribution in [0.1, 0.15) is 24.3 Å². The van der Waals surface area contributed by atoms with Crippen LogP contribution in [0.5, 0.6) is 0 Å². The molecule has 0 saturated carbocycles. The molecule has 0 bridgehead atoms. The molecule has 1 aromatic heterocycles. The van der Waals surface area contributed by atoms with E-state index in [1.54, 1.807) is 14.0 Å². The van der Waals surface area contributed by atoms with Gasteiger partial charge in [0.15, 0.2) is 0 Å². The van der Waals surface area contributed by atoms with Gasteiger partial charge in [-0.3, -0.25) is 9.59 Å². The van der Waals surface area contributed by atoms with Crippen molar-refractivity contribution in [3.05, 3.63) is 29.8 Å². The van der Waals surface area contributed by atoms with E-state index in [4.69, 9.17) is 0 Å². The molecule has 0 fully saturated rings. The average molecular weight is 253 g/mol. The third-order valence-corrected chi connectivity index (χ3v) is 2.52. The van der Waals surface area contributed by atoms with Crippen LogP contribution in [-0.4, -0.2) is 41.3 Å². The molecular weight excluding hydrogens is 237 g/mol. The van der Waals surface area contributed by atoms with Crippen LogP contribution >= 0.6 is 0 Å². The summed E-state index contributed by atoms with van der Waals surface area (Å²) in [5.41, 5.74) is -0.0474. The highest BCUT2D eigenvalue weighted by atomic mass is 19.1. The van der Waals surface area contributed by atoms with E-state index in [9.17, 15) is 14.0 Å². The largest absolute Gasteiger partial charge is 0.344 e. The molecule has 1 aromatic rings. The second-order valence-electron chi connectivity index (χ2n) is 3.89. The van der Waals surface area contributed by atoms with Crippen molar-refractivity contribution in [3.8, 4) is 0 Å². The van der Waals surface area contributed by atoms with Gasteiger partial charge in [0.05, 0.1) is 0 Å². The summed E-state index contributed by atoms with van der Waals surface area (Å²) >= 11 is 0. The Kier molecular flexibility index (Phi) is 4.76. The minimum atomic E-state index is -0.729. The predicted octanol–water partition coefficient (Wildman–Crippen LogP) is 0.817. The molecule has 1 atom stereocenters. The van der Waals surface area contributed by atoms with Crippen LogP contribution < -0.4 is 5.32 Å². The van der Waals surface area contributed by atoms with Gasteiger partial charge in [0.25, 0.3) is 5.91 Å². The summed E-state index contributed by atoms with van der Waals surface area (Å²) in [6.07, 6.45) is 0. The van der Waals surface area contributed by atoms with E-state index >= 15 is 0 Å². The number of nitrogens with zero attached hydrogens (tertiary/aromatic N) is 2. The second-order valence-corrected chi connectivity index (χ2v) is 3.89. The standard InChI is InChI=1S/C12H16FN3O2/c1-4-16(3)12(18)8(2)14-11(17)9-6-5-7-10(13)15-9/h5-8H,4H2,1-3H3,(H,14,17). The number of carbonyl (C=O) groups is 2. The van der Waals surface area contributed by atoms with Crippen LogP contribution in [0.4, 0.5) is 4.39 Å². The number of amides is 2. The maximum atomic E-state index is 12.8. The van der Waals surface area contributed by atoms with Gasteiger partial charge >= 0.3 is 0 Å². The van der Waals surface area contributed by atoms with Crippen molar-refractivity contribution in [2.45, 2.75) is 19.9 Å². The summed E-state index contributed by atoms with van der Waals surface area (Å²) in [4.78, 5) is 28.4. The maximum Gasteiger partial charge on any atom is 0.270 e. The van der Waals surface area contributed by atoms with Gasteiger partial charge in [-0.1, -0.05) is 6.07 Å². The van der Waals surface area contributed by atoms with Crippen LogP contribution in [0.25, 0.3) is 0 Å². The number of likely N-dealkylation sites (N-methyl/N-ethyl adjacent to an activating group) is 1. The Morgan fingerprint density at radius 2 is 2.17 bits per heavy atom. The Balaban J connectivity index is 2.68. The van der Waals surface area contributed by atoms with E-state index in [2.05, 4.69) is 10.3 Å². The Hall–Kier alpha value is -1.98. The van der Waals surface area contributed by atoms with E-state index in [0.29, 0.717) is 6.54 Å². The zero-order valence-corrected chi connectivity index (χ0v) is 10.6. The first-order chi connectivity index (χ1) is 8.45. The van der Waals surface area contributed by atoms with Crippen LogP contribution in [-0.2, 0) is 4.79 Å². The van der Waals surface area contributed by atoms with Crippen LogP contribution in [0, 0.1) is 5.95 Å². The highest BCUT2D eigenvalue weighted by Gasteiger charge is 2.19. The van der Waals surface area contributed by atoms with Crippen molar-refractivity contribution in [1.82, 2.24) is 15.2 Å². The van der Waals surface area contributed by atoms with E-state index in [-0.39, 0.29) is 11.6 Å². The normalized spacial score (nSPS) is 11.8. The van der Waals surface area contributed by atoms with Crippen molar-refractivity contribution in [1.29, 1.82) is 0 Å². The first-order valence-electron chi connectivity index (χ1n) is 5.64. The minimum absolute atomic E-state index is 0.0474. The average Bonchev–Trinajstić information content (AvgIpc) is 2.36. The first-order valence-corrected chi connectivity index (χ1v) is 5.64. The Labute approximate surface area is 105 Å². The lowest BCUT2D eigenvalue weighted by molar-refractivity contribution is -0.131. The van der Waals surface area contributed by atoms with Gasteiger partial charge in [-0.05, 0) is 26.0 Å². The SMILES string of the molecule is CCN(C)C(=O)C(C)NC(=O)c1cccc(F)n1. The topological polar surface area (TPSA) is 62.3 Å². The molecule has 0 spiro atoms. The predicted molar refractivity (Wildman–Crippen MR) is 64.4 cm³/mol. The van der Waals surface area contributed by atoms with Gasteiger partial charge in [-0.25, -0.2) is 4.98 Å². The quantitative estimate of drug-likeness (QED) is 0.808. The molecule has 2 amide bonds. The van der Waals surface area contributed by atoms with Gasteiger partial charge in [-0.2, -0.15) is 4.39 Å². The van der Waals surface area contributed by atoms with Crippen LogP contribution in [0.15, 0.2) is 18.2 Å². The summed E-state index contributed by atoms with van der Waals surface area (Å²) < 4.78 is 12.8. The van der Waals surface area contributed by atoms with Crippen molar-refractivity contribution < 1.29 is 14.0 Å². The van der Waals surface area contributed by atoms with Gasteiger partial charge in [-0.15, -0.1) is 0 Å². The number of pyridine rings is 1. The molecule has 1 N–H and O–H groups in total. The van der Waals surface area contributed by atoms with Gasteiger partial charge in [0.2, 0.25) is 11.9 Å². The fourth-order valence-electron chi connectivity index (χ4n) is 1.35. The number of halogens is 1. The summed E-state index contributed by atoms with van der Waals surface area (Å²) in [7, 11) is 1.64. The number of rotatable bonds is 4. The smallest absolute Gasteiger partial charge is 0.270 e. The highest BCUT2D eigenvalue weighted by molar-refractivity contribution is 5.95. The molecule has 18 heavy (non-hydrogen) atoms. The van der Waals surface area contributed by atoms with E-state index < -0.39 is 17.9 Å². The zero-order chi connectivity index (χ0) is 13.7.